The number of nitrogens with one attached hydrogen (secondary N) is 2. The summed E-state index contributed by atoms with van der Waals surface area (Å²) in [5.41, 5.74) is 7.29. The van der Waals surface area contributed by atoms with Crippen molar-refractivity contribution in [2.45, 2.75) is 13.8 Å². The van der Waals surface area contributed by atoms with Gasteiger partial charge in [-0.3, -0.25) is 5.10 Å². The number of fused-ring (bicyclic) bond motifs is 1. The van der Waals surface area contributed by atoms with E-state index < -0.39 is 0 Å². The van der Waals surface area contributed by atoms with Gasteiger partial charge in [-0.1, -0.05) is 42.5 Å². The van der Waals surface area contributed by atoms with E-state index in [1.807, 2.05) is 43.3 Å². The second-order valence-electron chi connectivity index (χ2n) is 5.79. The largest absolute Gasteiger partial charge is 0.337 e. The van der Waals surface area contributed by atoms with Gasteiger partial charge >= 0.3 is 0 Å². The topological polar surface area (TPSA) is 57.4 Å². The summed E-state index contributed by atoms with van der Waals surface area (Å²) in [6, 6.07) is 16.6. The van der Waals surface area contributed by atoms with Crippen molar-refractivity contribution in [3.05, 3.63) is 65.9 Å². The maximum Gasteiger partial charge on any atom is 0.159 e. The Kier molecular flexibility index (Phi) is 3.50. The number of aromatic amines is 2. The summed E-state index contributed by atoms with van der Waals surface area (Å²) in [6.07, 6.45) is 4.01. The molecule has 0 saturated heterocycles. The summed E-state index contributed by atoms with van der Waals surface area (Å²) in [5.74, 6) is 0.791. The molecule has 0 amide bonds. The first-order chi connectivity index (χ1) is 11.8. The fraction of sp³-hybridized carbons (Fsp3) is 0.100. The van der Waals surface area contributed by atoms with Crippen LogP contribution in [0.1, 0.15) is 18.2 Å². The van der Waals surface area contributed by atoms with Gasteiger partial charge in [-0.05, 0) is 43.2 Å². The average molecular weight is 314 g/mol. The fourth-order valence-corrected chi connectivity index (χ4v) is 2.90. The summed E-state index contributed by atoms with van der Waals surface area (Å²) >= 11 is 0. The zero-order chi connectivity index (χ0) is 16.5. The maximum atomic E-state index is 4.69. The smallest absolute Gasteiger partial charge is 0.159 e. The quantitative estimate of drug-likeness (QED) is 0.561. The van der Waals surface area contributed by atoms with E-state index in [1.165, 1.54) is 11.1 Å². The normalized spacial score (nSPS) is 11.6. The van der Waals surface area contributed by atoms with Crippen molar-refractivity contribution < 1.29 is 0 Å². The summed E-state index contributed by atoms with van der Waals surface area (Å²) in [5, 5.41) is 7.47. The molecule has 0 fully saturated rings. The number of hydrogen-bond acceptors (Lipinski definition) is 2. The first-order valence-electron chi connectivity index (χ1n) is 7.99. The monoisotopic (exact) mass is 314 g/mol. The molecule has 118 valence electrons. The van der Waals surface area contributed by atoms with Crippen LogP contribution in [0.15, 0.2) is 54.6 Å². The SMILES string of the molecule is C/C=C\c1[nH]nc(-c2nc3ccc(-c4ccccc4)cc3[nH]2)c1C. The van der Waals surface area contributed by atoms with E-state index in [1.54, 1.807) is 0 Å². The molecule has 0 spiro atoms. The first-order valence-corrected chi connectivity index (χ1v) is 7.99. The third kappa shape index (κ3) is 2.42. The van der Waals surface area contributed by atoms with Crippen LogP contribution in [0.4, 0.5) is 0 Å². The van der Waals surface area contributed by atoms with E-state index in [0.29, 0.717) is 0 Å². The van der Waals surface area contributed by atoms with Gasteiger partial charge in [0.1, 0.15) is 5.69 Å². The molecular formula is C20H18N4. The molecule has 0 saturated carbocycles. The van der Waals surface area contributed by atoms with Crippen LogP contribution in [-0.4, -0.2) is 20.2 Å². The van der Waals surface area contributed by atoms with Crippen molar-refractivity contribution in [3.8, 4) is 22.6 Å². The molecule has 4 rings (SSSR count). The van der Waals surface area contributed by atoms with Crippen molar-refractivity contribution >= 4 is 17.1 Å². The molecule has 0 radical (unpaired) electrons. The minimum atomic E-state index is 0.791. The summed E-state index contributed by atoms with van der Waals surface area (Å²) in [4.78, 5) is 8.09. The Bertz CT molecular complexity index is 1020. The maximum absolute atomic E-state index is 4.69. The third-order valence-electron chi connectivity index (χ3n) is 4.19. The minimum absolute atomic E-state index is 0.791. The molecule has 24 heavy (non-hydrogen) atoms. The van der Waals surface area contributed by atoms with Gasteiger partial charge in [-0.2, -0.15) is 5.10 Å². The van der Waals surface area contributed by atoms with E-state index in [-0.39, 0.29) is 0 Å². The van der Waals surface area contributed by atoms with Gasteiger partial charge in [0.25, 0.3) is 0 Å². The van der Waals surface area contributed by atoms with E-state index >= 15 is 0 Å². The molecule has 2 aromatic carbocycles. The molecule has 4 nitrogen and oxygen atoms in total. The van der Waals surface area contributed by atoms with Gasteiger partial charge in [0, 0.05) is 5.56 Å². The van der Waals surface area contributed by atoms with Gasteiger partial charge in [0.2, 0.25) is 0 Å². The third-order valence-corrected chi connectivity index (χ3v) is 4.19. The van der Waals surface area contributed by atoms with Gasteiger partial charge in [0.15, 0.2) is 5.82 Å². The molecule has 0 atom stereocenters. The fourth-order valence-electron chi connectivity index (χ4n) is 2.90. The molecule has 4 heteroatoms. The standard InChI is InChI=1S/C20H18N4/c1-3-7-16-13(2)19(24-23-16)20-21-17-11-10-15(12-18(17)22-20)14-8-5-4-6-9-14/h3-12H,1-2H3,(H,21,22)(H,23,24)/b7-3-. The van der Waals surface area contributed by atoms with Gasteiger partial charge in [-0.15, -0.1) is 0 Å². The molecule has 2 N–H and O–H groups in total. The molecule has 0 unspecified atom stereocenters. The van der Waals surface area contributed by atoms with Crippen LogP contribution < -0.4 is 0 Å². The number of hydrogen-bond donors (Lipinski definition) is 2. The Labute approximate surface area is 140 Å². The van der Waals surface area contributed by atoms with Crippen molar-refractivity contribution in [1.29, 1.82) is 0 Å². The minimum Gasteiger partial charge on any atom is -0.337 e. The van der Waals surface area contributed by atoms with Gasteiger partial charge < -0.3 is 4.98 Å². The highest BCUT2D eigenvalue weighted by atomic mass is 15.1. The highest BCUT2D eigenvalue weighted by Gasteiger charge is 2.13. The molecule has 0 aliphatic heterocycles. The predicted molar refractivity (Wildman–Crippen MR) is 98.6 cm³/mol. The lowest BCUT2D eigenvalue weighted by Gasteiger charge is -2.00. The number of benzene rings is 2. The van der Waals surface area contributed by atoms with Crippen molar-refractivity contribution in [3.63, 3.8) is 0 Å². The van der Waals surface area contributed by atoms with Crippen molar-refractivity contribution in [2.24, 2.45) is 0 Å². The lowest BCUT2D eigenvalue weighted by Crippen LogP contribution is -1.83. The first kappa shape index (κ1) is 14.5. The Morgan fingerprint density at radius 1 is 1.00 bits per heavy atom. The van der Waals surface area contributed by atoms with Crippen LogP contribution in [0.5, 0.6) is 0 Å². The highest BCUT2D eigenvalue weighted by molar-refractivity contribution is 5.84. The average Bonchev–Trinajstić information content (AvgIpc) is 3.19. The summed E-state index contributed by atoms with van der Waals surface area (Å²) in [7, 11) is 0. The second-order valence-corrected chi connectivity index (χ2v) is 5.79. The molecule has 4 aromatic rings. The number of H-pyrrole nitrogens is 2. The molecule has 2 aromatic heterocycles. The Morgan fingerprint density at radius 3 is 2.62 bits per heavy atom. The number of aromatic nitrogens is 4. The summed E-state index contributed by atoms with van der Waals surface area (Å²) < 4.78 is 0. The predicted octanol–water partition coefficient (Wildman–Crippen LogP) is 4.96. The molecule has 0 bridgehead atoms. The van der Waals surface area contributed by atoms with Crippen LogP contribution in [0, 0.1) is 6.92 Å². The number of allylic oxidation sites excluding steroid dienone is 1. The second kappa shape index (κ2) is 5.81. The zero-order valence-corrected chi connectivity index (χ0v) is 13.7. The number of rotatable bonds is 3. The number of nitrogens with zero attached hydrogens (tertiary/aromatic N) is 2. The van der Waals surface area contributed by atoms with Crippen LogP contribution in [0.25, 0.3) is 39.8 Å². The Balaban J connectivity index is 1.79. The van der Waals surface area contributed by atoms with Crippen LogP contribution in [0.3, 0.4) is 0 Å². The van der Waals surface area contributed by atoms with E-state index in [0.717, 1.165) is 33.8 Å². The van der Waals surface area contributed by atoms with Gasteiger partial charge in [0.05, 0.1) is 16.7 Å². The van der Waals surface area contributed by atoms with Crippen LogP contribution in [0.2, 0.25) is 0 Å². The molecule has 2 heterocycles. The number of imidazole rings is 1. The van der Waals surface area contributed by atoms with Gasteiger partial charge in [-0.25, -0.2) is 4.98 Å². The van der Waals surface area contributed by atoms with Crippen LogP contribution in [-0.2, 0) is 0 Å². The Morgan fingerprint density at radius 2 is 1.83 bits per heavy atom. The van der Waals surface area contributed by atoms with E-state index in [2.05, 4.69) is 51.4 Å². The molecular weight excluding hydrogens is 296 g/mol. The van der Waals surface area contributed by atoms with Crippen molar-refractivity contribution in [2.75, 3.05) is 0 Å². The van der Waals surface area contributed by atoms with Crippen LogP contribution >= 0.6 is 0 Å². The Hall–Kier alpha value is -3.14. The van der Waals surface area contributed by atoms with E-state index in [4.69, 9.17) is 0 Å². The van der Waals surface area contributed by atoms with E-state index in [9.17, 15) is 0 Å². The summed E-state index contributed by atoms with van der Waals surface area (Å²) in [6.45, 7) is 4.04. The highest BCUT2D eigenvalue weighted by Crippen LogP contribution is 2.27. The lowest BCUT2D eigenvalue weighted by atomic mass is 10.1. The van der Waals surface area contributed by atoms with Crippen molar-refractivity contribution in [1.82, 2.24) is 20.2 Å². The molecule has 0 aliphatic rings. The lowest BCUT2D eigenvalue weighted by molar-refractivity contribution is 1.07. The molecule has 0 aliphatic carbocycles. The zero-order valence-electron chi connectivity index (χ0n) is 13.7.